The number of aryl methyl sites for hydroxylation is 1. The minimum atomic E-state index is -0.379. The number of aliphatic hydroxyl groups excluding tert-OH is 1. The Morgan fingerprint density at radius 2 is 1.86 bits per heavy atom. The average Bonchev–Trinajstić information content (AvgIpc) is 3.76. The number of aliphatic imine (C=N–C) groups is 1. The lowest BCUT2D eigenvalue weighted by Gasteiger charge is -2.13. The zero-order valence-electron chi connectivity index (χ0n) is 29.4. The van der Waals surface area contributed by atoms with Crippen LogP contribution in [0.1, 0.15) is 106 Å². The summed E-state index contributed by atoms with van der Waals surface area (Å²) >= 11 is 4.73. The SMILES string of the molecule is CC[C@H]1c2cc3[nH]c4c(c5nc(cc6nc(cc([nH]2)[C@@H]1C)C(=C(C)O)C=6C)C(C)=C5CCC(=O)OC)c(O)n(CCCN=C=S)c(=O)c4c3C. The number of thiocarbonyl (C=S) groups is 1. The normalized spacial score (nSPS) is 17.6. The monoisotopic (exact) mass is 694 g/mol. The van der Waals surface area contributed by atoms with E-state index in [-0.39, 0.29) is 54.4 Å². The van der Waals surface area contributed by atoms with Gasteiger partial charge >= 0.3 is 5.97 Å². The Balaban J connectivity index is 1.84. The molecule has 0 saturated heterocycles. The number of fused-ring (bicyclic) bond motifs is 8. The van der Waals surface area contributed by atoms with Crippen LogP contribution in [0.5, 0.6) is 5.88 Å². The van der Waals surface area contributed by atoms with Crippen molar-refractivity contribution in [3.05, 3.63) is 73.7 Å². The molecule has 0 saturated carbocycles. The third-order valence-electron chi connectivity index (χ3n) is 10.3. The predicted molar refractivity (Wildman–Crippen MR) is 200 cm³/mol. The highest BCUT2D eigenvalue weighted by molar-refractivity contribution is 7.78. The summed E-state index contributed by atoms with van der Waals surface area (Å²) in [5.74, 6) is -0.158. The summed E-state index contributed by atoms with van der Waals surface area (Å²) in [5, 5.41) is 26.7. The molecule has 3 aliphatic heterocycles. The van der Waals surface area contributed by atoms with Gasteiger partial charge in [0.05, 0.1) is 63.3 Å². The van der Waals surface area contributed by atoms with Crippen molar-refractivity contribution in [3.63, 3.8) is 0 Å². The number of rotatable bonds is 8. The number of esters is 1. The lowest BCUT2D eigenvalue weighted by molar-refractivity contribution is -0.140. The fourth-order valence-electron chi connectivity index (χ4n) is 7.53. The number of aliphatic hydroxyl groups is 1. The maximum Gasteiger partial charge on any atom is 0.305 e. The third kappa shape index (κ3) is 5.82. The van der Waals surface area contributed by atoms with Gasteiger partial charge in [0.15, 0.2) is 0 Å². The van der Waals surface area contributed by atoms with Crippen molar-refractivity contribution in [1.82, 2.24) is 24.5 Å². The molecule has 50 heavy (non-hydrogen) atoms. The van der Waals surface area contributed by atoms with Crippen LogP contribution < -0.4 is 10.9 Å². The molecule has 0 fully saturated rings. The first-order chi connectivity index (χ1) is 23.9. The van der Waals surface area contributed by atoms with E-state index >= 15 is 0 Å². The first-order valence-corrected chi connectivity index (χ1v) is 17.3. The summed E-state index contributed by atoms with van der Waals surface area (Å²) in [6.45, 7) is 12.3. The Labute approximate surface area is 294 Å². The maximum absolute atomic E-state index is 14.2. The topological polar surface area (TPSA) is 158 Å². The van der Waals surface area contributed by atoms with Gasteiger partial charge in [0.25, 0.3) is 5.56 Å². The molecule has 3 aliphatic rings. The molecular weight excluding hydrogens is 653 g/mol. The third-order valence-corrected chi connectivity index (χ3v) is 10.4. The second kappa shape index (κ2) is 13.7. The van der Waals surface area contributed by atoms with E-state index in [0.29, 0.717) is 57.3 Å². The van der Waals surface area contributed by atoms with Crippen LogP contribution in [0.4, 0.5) is 0 Å². The first kappa shape index (κ1) is 34.8. The molecular formula is C38H42N6O5S. The zero-order valence-corrected chi connectivity index (χ0v) is 30.3. The van der Waals surface area contributed by atoms with E-state index in [9.17, 15) is 19.8 Å². The Kier molecular flexibility index (Phi) is 9.52. The van der Waals surface area contributed by atoms with Crippen LogP contribution in [0.25, 0.3) is 44.1 Å². The second-order valence-corrected chi connectivity index (χ2v) is 13.3. The molecule has 11 nitrogen and oxygen atoms in total. The van der Waals surface area contributed by atoms with Crippen LogP contribution in [-0.4, -0.2) is 59.5 Å². The van der Waals surface area contributed by atoms with Crippen LogP contribution >= 0.6 is 12.2 Å². The van der Waals surface area contributed by atoms with E-state index in [1.165, 1.54) is 11.7 Å². The summed E-state index contributed by atoms with van der Waals surface area (Å²) < 4.78 is 6.35. The number of ether oxygens (including phenoxy) is 1. The van der Waals surface area contributed by atoms with Crippen LogP contribution in [0, 0.1) is 6.92 Å². The zero-order chi connectivity index (χ0) is 36.0. The van der Waals surface area contributed by atoms with Crippen molar-refractivity contribution < 1.29 is 19.7 Å². The quantitative estimate of drug-likeness (QED) is 0.0651. The fraction of sp³-hybridized carbons (Fsp3) is 0.395. The number of nitrogens with zero attached hydrogens (tertiary/aromatic N) is 4. The van der Waals surface area contributed by atoms with Crippen molar-refractivity contribution in [2.24, 2.45) is 4.99 Å². The van der Waals surface area contributed by atoms with Crippen LogP contribution in [-0.2, 0) is 16.1 Å². The van der Waals surface area contributed by atoms with Gasteiger partial charge in [-0.2, -0.15) is 0 Å². The highest BCUT2D eigenvalue weighted by Gasteiger charge is 2.29. The van der Waals surface area contributed by atoms with E-state index in [0.717, 1.165) is 45.6 Å². The van der Waals surface area contributed by atoms with E-state index in [1.54, 1.807) is 6.92 Å². The number of aromatic hydroxyl groups is 1. The number of pyridine rings is 1. The molecule has 8 bridgehead atoms. The highest BCUT2D eigenvalue weighted by atomic mass is 32.1. The van der Waals surface area contributed by atoms with Gasteiger partial charge in [-0.1, -0.05) is 13.8 Å². The number of hydrogen-bond donors (Lipinski definition) is 4. The number of carbonyl (C=O) groups excluding carboxylic acids is 1. The molecule has 0 radical (unpaired) electrons. The van der Waals surface area contributed by atoms with Gasteiger partial charge in [-0.3, -0.25) is 14.2 Å². The van der Waals surface area contributed by atoms with E-state index < -0.39 is 0 Å². The molecule has 12 heteroatoms. The number of methoxy groups -OCH3 is 1. The summed E-state index contributed by atoms with van der Waals surface area (Å²) in [4.78, 5) is 47.9. The summed E-state index contributed by atoms with van der Waals surface area (Å²) in [6.07, 6.45) is 1.69. The maximum atomic E-state index is 14.2. The number of carbonyl (C=O) groups is 1. The Hall–Kier alpha value is -5.06. The van der Waals surface area contributed by atoms with Gasteiger partial charge in [0.1, 0.15) is 0 Å². The first-order valence-electron chi connectivity index (χ1n) is 16.9. The Bertz CT molecular complexity index is 2370. The molecule has 260 valence electrons. The van der Waals surface area contributed by atoms with E-state index in [4.69, 9.17) is 26.9 Å². The average molecular weight is 695 g/mol. The van der Waals surface area contributed by atoms with Gasteiger partial charge in [-0.25, -0.2) is 15.0 Å². The summed E-state index contributed by atoms with van der Waals surface area (Å²) in [5.41, 5.74) is 8.28. The van der Waals surface area contributed by atoms with Crippen molar-refractivity contribution in [3.8, 4) is 5.88 Å². The Morgan fingerprint density at radius 3 is 2.54 bits per heavy atom. The van der Waals surface area contributed by atoms with Gasteiger partial charge in [0.2, 0.25) is 5.88 Å². The molecule has 0 spiro atoms. The molecule has 0 aliphatic carbocycles. The smallest absolute Gasteiger partial charge is 0.305 e. The summed E-state index contributed by atoms with van der Waals surface area (Å²) in [6, 6.07) is 5.94. The number of hydrogen-bond acceptors (Lipinski definition) is 9. The lowest BCUT2D eigenvalue weighted by Crippen LogP contribution is -2.21. The van der Waals surface area contributed by atoms with Crippen LogP contribution in [0.2, 0.25) is 0 Å². The van der Waals surface area contributed by atoms with Gasteiger partial charge in [-0.15, -0.1) is 0 Å². The minimum absolute atomic E-state index is 0.0894. The largest absolute Gasteiger partial charge is 0.512 e. The van der Waals surface area contributed by atoms with Gasteiger partial charge < -0.3 is 24.9 Å². The molecule has 0 amide bonds. The number of allylic oxidation sites excluding steroid dienone is 4. The van der Waals surface area contributed by atoms with E-state index in [2.05, 4.69) is 34.0 Å². The number of H-pyrrole nitrogens is 2. The number of aromatic amines is 2. The molecule has 3 aromatic heterocycles. The molecule has 3 aromatic rings. The highest BCUT2D eigenvalue weighted by Crippen LogP contribution is 2.42. The summed E-state index contributed by atoms with van der Waals surface area (Å²) in [7, 11) is 1.35. The van der Waals surface area contributed by atoms with Gasteiger partial charge in [-0.05, 0) is 99.7 Å². The van der Waals surface area contributed by atoms with E-state index in [1.807, 2.05) is 39.0 Å². The van der Waals surface area contributed by atoms with Crippen molar-refractivity contribution in [2.75, 3.05) is 13.7 Å². The molecule has 4 N–H and O–H groups in total. The predicted octanol–water partition coefficient (Wildman–Crippen LogP) is 6.92. The number of isothiocyanates is 1. The molecule has 0 unspecified atom stereocenters. The van der Waals surface area contributed by atoms with Crippen molar-refractivity contribution in [2.45, 2.75) is 85.6 Å². The number of aromatic nitrogens is 5. The molecule has 0 aromatic carbocycles. The van der Waals surface area contributed by atoms with Gasteiger partial charge in [0, 0.05) is 47.3 Å². The molecule has 6 heterocycles. The molecule has 2 atom stereocenters. The second-order valence-electron chi connectivity index (χ2n) is 13.2. The Morgan fingerprint density at radius 1 is 1.10 bits per heavy atom. The van der Waals surface area contributed by atoms with Crippen LogP contribution in [0.15, 0.2) is 33.7 Å². The van der Waals surface area contributed by atoms with Crippen molar-refractivity contribution in [1.29, 1.82) is 0 Å². The lowest BCUT2D eigenvalue weighted by atomic mass is 9.89. The van der Waals surface area contributed by atoms with Crippen LogP contribution in [0.3, 0.4) is 0 Å². The number of nitrogens with one attached hydrogen (secondary N) is 2. The van der Waals surface area contributed by atoms with Crippen molar-refractivity contribution >= 4 is 67.4 Å². The standard InChI is InChI=1S/C38H42N6O5S/c1-8-23-18(2)25-16-30-32(22(6)45)20(4)27(41-30)14-26-19(3)24(10-11-31(46)49-7)35(42-26)34-36-33(21(5)28(43-36)15-29(23)40-25)37(47)44(38(34)48)13-9-12-39-17-50/h14-16,18,23,40,43,45,48H,8-13H2,1-7H3/t18-,23-/m1/s1. The molecule has 6 rings (SSSR count). The fourth-order valence-corrected chi connectivity index (χ4v) is 7.62. The minimum Gasteiger partial charge on any atom is -0.512 e.